The molecule has 0 unspecified atom stereocenters. The monoisotopic (exact) mass is 324 g/mol. The zero-order valence-electron chi connectivity index (χ0n) is 10.5. The fourth-order valence-electron chi connectivity index (χ4n) is 1.60. The van der Waals surface area contributed by atoms with E-state index in [2.05, 4.69) is 30.7 Å². The van der Waals surface area contributed by atoms with E-state index in [9.17, 15) is 4.79 Å². The maximum Gasteiger partial charge on any atom is 0.377 e. The predicted octanol–water partition coefficient (Wildman–Crippen LogP) is 1.84. The lowest BCUT2D eigenvalue weighted by atomic mass is 10.1. The number of carbonyl (C=O) groups excluding carboxylic acids is 1. The Kier molecular flexibility index (Phi) is 3.96. The van der Waals surface area contributed by atoms with Crippen LogP contribution in [0.4, 0.5) is 0 Å². The van der Waals surface area contributed by atoms with Gasteiger partial charge in [-0.15, -0.1) is 5.10 Å². The molecule has 0 amide bonds. The summed E-state index contributed by atoms with van der Waals surface area (Å²) in [6.45, 7) is 1.91. The maximum absolute atomic E-state index is 11.3. The lowest BCUT2D eigenvalue weighted by Crippen LogP contribution is -2.07. The van der Waals surface area contributed by atoms with Crippen molar-refractivity contribution in [3.05, 3.63) is 40.4 Å². The Hall–Kier alpha value is -1.73. The third kappa shape index (κ3) is 2.82. The van der Waals surface area contributed by atoms with E-state index in [0.717, 1.165) is 15.7 Å². The molecule has 0 aliphatic carbocycles. The molecule has 2 rings (SSSR count). The second-order valence-corrected chi connectivity index (χ2v) is 4.85. The van der Waals surface area contributed by atoms with Gasteiger partial charge in [0.25, 0.3) is 5.82 Å². The molecular formula is C12H13BrN4O2. The van der Waals surface area contributed by atoms with E-state index < -0.39 is 5.97 Å². The molecule has 0 spiro atoms. The maximum atomic E-state index is 11.3. The molecule has 0 aliphatic rings. The van der Waals surface area contributed by atoms with Crippen LogP contribution in [0.3, 0.4) is 0 Å². The van der Waals surface area contributed by atoms with Gasteiger partial charge in [0.05, 0.1) is 12.8 Å². The Morgan fingerprint density at radius 1 is 1.53 bits per heavy atom. The average molecular weight is 325 g/mol. The van der Waals surface area contributed by atoms with Gasteiger partial charge in [0.15, 0.2) is 0 Å². The van der Waals surface area contributed by atoms with Crippen LogP contribution in [0.2, 0.25) is 0 Å². The highest BCUT2D eigenvalue weighted by molar-refractivity contribution is 9.10. The molecule has 1 atom stereocenters. The van der Waals surface area contributed by atoms with E-state index in [4.69, 9.17) is 5.73 Å². The van der Waals surface area contributed by atoms with E-state index in [0.29, 0.717) is 0 Å². The minimum absolute atomic E-state index is 0.0230. The van der Waals surface area contributed by atoms with Gasteiger partial charge in [0.2, 0.25) is 0 Å². The lowest BCUT2D eigenvalue weighted by Gasteiger charge is -2.10. The van der Waals surface area contributed by atoms with Crippen LogP contribution in [-0.4, -0.2) is 27.8 Å². The summed E-state index contributed by atoms with van der Waals surface area (Å²) in [6, 6.07) is 5.57. The summed E-state index contributed by atoms with van der Waals surface area (Å²) in [4.78, 5) is 15.2. The Morgan fingerprint density at radius 2 is 2.26 bits per heavy atom. The molecule has 0 bridgehead atoms. The molecule has 7 heteroatoms. The number of halogens is 1. The van der Waals surface area contributed by atoms with Crippen molar-refractivity contribution in [1.29, 1.82) is 0 Å². The largest absolute Gasteiger partial charge is 0.463 e. The Bertz CT molecular complexity index is 610. The normalized spacial score (nSPS) is 12.2. The second kappa shape index (κ2) is 5.50. The van der Waals surface area contributed by atoms with Crippen molar-refractivity contribution in [3.8, 4) is 5.69 Å². The van der Waals surface area contributed by atoms with Crippen molar-refractivity contribution >= 4 is 21.9 Å². The van der Waals surface area contributed by atoms with E-state index in [1.165, 1.54) is 18.1 Å². The molecule has 19 heavy (non-hydrogen) atoms. The summed E-state index contributed by atoms with van der Waals surface area (Å²) < 4.78 is 6.94. The van der Waals surface area contributed by atoms with Gasteiger partial charge < -0.3 is 10.5 Å². The van der Waals surface area contributed by atoms with Crippen molar-refractivity contribution in [1.82, 2.24) is 14.8 Å². The van der Waals surface area contributed by atoms with Crippen molar-refractivity contribution < 1.29 is 9.53 Å². The van der Waals surface area contributed by atoms with Gasteiger partial charge in [-0.05, 0) is 24.6 Å². The molecule has 0 aliphatic heterocycles. The van der Waals surface area contributed by atoms with Gasteiger partial charge in [-0.3, -0.25) is 0 Å². The summed E-state index contributed by atoms with van der Waals surface area (Å²) in [5.41, 5.74) is 7.61. The van der Waals surface area contributed by atoms with Crippen LogP contribution in [-0.2, 0) is 4.74 Å². The standard InChI is InChI=1S/C12H13BrN4O2/c1-7(14)9-4-3-8(5-10(9)13)17-6-15-11(16-17)12(18)19-2/h3-7H,14H2,1-2H3/t7-/m1/s1. The highest BCUT2D eigenvalue weighted by Gasteiger charge is 2.13. The minimum Gasteiger partial charge on any atom is -0.463 e. The van der Waals surface area contributed by atoms with Gasteiger partial charge in [-0.1, -0.05) is 22.0 Å². The minimum atomic E-state index is -0.565. The van der Waals surface area contributed by atoms with Crippen LogP contribution in [0.5, 0.6) is 0 Å². The zero-order chi connectivity index (χ0) is 14.0. The van der Waals surface area contributed by atoms with Crippen LogP contribution in [0.15, 0.2) is 29.0 Å². The lowest BCUT2D eigenvalue weighted by molar-refractivity contribution is 0.0587. The first-order valence-electron chi connectivity index (χ1n) is 5.58. The number of hydrogen-bond acceptors (Lipinski definition) is 5. The van der Waals surface area contributed by atoms with E-state index >= 15 is 0 Å². The highest BCUT2D eigenvalue weighted by Crippen LogP contribution is 2.24. The van der Waals surface area contributed by atoms with Gasteiger partial charge in [0, 0.05) is 10.5 Å². The number of rotatable bonds is 3. The van der Waals surface area contributed by atoms with E-state index in [1.54, 1.807) is 0 Å². The number of ether oxygens (including phenoxy) is 1. The molecular weight excluding hydrogens is 312 g/mol. The number of nitrogens with zero attached hydrogens (tertiary/aromatic N) is 3. The number of methoxy groups -OCH3 is 1. The third-order valence-electron chi connectivity index (χ3n) is 2.60. The number of aromatic nitrogens is 3. The van der Waals surface area contributed by atoms with Crippen LogP contribution in [0, 0.1) is 0 Å². The molecule has 1 aromatic heterocycles. The summed E-state index contributed by atoms with van der Waals surface area (Å²) in [7, 11) is 1.29. The molecule has 0 saturated carbocycles. The quantitative estimate of drug-likeness (QED) is 0.871. The topological polar surface area (TPSA) is 83.0 Å². The van der Waals surface area contributed by atoms with Crippen molar-refractivity contribution in [2.75, 3.05) is 7.11 Å². The fraction of sp³-hybridized carbons (Fsp3) is 0.250. The number of esters is 1. The number of hydrogen-bond donors (Lipinski definition) is 1. The summed E-state index contributed by atoms with van der Waals surface area (Å²) >= 11 is 3.46. The van der Waals surface area contributed by atoms with E-state index in [-0.39, 0.29) is 11.9 Å². The van der Waals surface area contributed by atoms with E-state index in [1.807, 2.05) is 25.1 Å². The molecule has 2 N–H and O–H groups in total. The van der Waals surface area contributed by atoms with Crippen LogP contribution in [0.25, 0.3) is 5.69 Å². The highest BCUT2D eigenvalue weighted by atomic mass is 79.9. The van der Waals surface area contributed by atoms with Crippen molar-refractivity contribution in [2.24, 2.45) is 5.73 Å². The molecule has 6 nitrogen and oxygen atoms in total. The first kappa shape index (κ1) is 13.7. The van der Waals surface area contributed by atoms with Crippen LogP contribution >= 0.6 is 15.9 Å². The molecule has 2 aromatic rings. The van der Waals surface area contributed by atoms with Gasteiger partial charge in [-0.25, -0.2) is 14.5 Å². The number of benzene rings is 1. The molecule has 0 radical (unpaired) electrons. The summed E-state index contributed by atoms with van der Waals surface area (Å²) in [6.07, 6.45) is 1.46. The van der Waals surface area contributed by atoms with Crippen molar-refractivity contribution in [3.63, 3.8) is 0 Å². The van der Waals surface area contributed by atoms with Gasteiger partial charge >= 0.3 is 5.97 Å². The second-order valence-electron chi connectivity index (χ2n) is 4.00. The Morgan fingerprint density at radius 3 is 2.84 bits per heavy atom. The van der Waals surface area contributed by atoms with Crippen LogP contribution in [0.1, 0.15) is 29.1 Å². The number of nitrogens with two attached hydrogens (primary N) is 1. The fourth-order valence-corrected chi connectivity index (χ4v) is 2.33. The van der Waals surface area contributed by atoms with Crippen LogP contribution < -0.4 is 5.73 Å². The summed E-state index contributed by atoms with van der Waals surface area (Å²) in [5, 5.41) is 4.05. The smallest absolute Gasteiger partial charge is 0.377 e. The molecule has 0 fully saturated rings. The third-order valence-corrected chi connectivity index (χ3v) is 3.29. The average Bonchev–Trinajstić information content (AvgIpc) is 2.86. The summed E-state index contributed by atoms with van der Waals surface area (Å²) in [5.74, 6) is -0.542. The molecule has 1 heterocycles. The molecule has 100 valence electrons. The van der Waals surface area contributed by atoms with Crippen molar-refractivity contribution in [2.45, 2.75) is 13.0 Å². The predicted molar refractivity (Wildman–Crippen MR) is 73.0 cm³/mol. The molecule has 1 aromatic carbocycles. The van der Waals surface area contributed by atoms with Gasteiger partial charge in [0.1, 0.15) is 6.33 Å². The Labute approximate surface area is 118 Å². The molecule has 0 saturated heterocycles. The first-order valence-corrected chi connectivity index (χ1v) is 6.37. The number of carbonyl (C=O) groups is 1. The Balaban J connectivity index is 2.35. The zero-order valence-corrected chi connectivity index (χ0v) is 12.1. The first-order chi connectivity index (χ1) is 9.02. The van der Waals surface area contributed by atoms with Gasteiger partial charge in [-0.2, -0.15) is 0 Å². The SMILES string of the molecule is COC(=O)c1ncn(-c2ccc([C@@H](C)N)c(Br)c2)n1.